The quantitative estimate of drug-likeness (QED) is 0.853. The molecule has 0 unspecified atom stereocenters. The highest BCUT2D eigenvalue weighted by Gasteiger charge is 2.17. The molecule has 0 bridgehead atoms. The summed E-state index contributed by atoms with van der Waals surface area (Å²) in [4.78, 5) is 11.5. The molecule has 0 heterocycles. The van der Waals surface area contributed by atoms with E-state index in [1.54, 1.807) is 24.3 Å². The van der Waals surface area contributed by atoms with Gasteiger partial charge in [-0.2, -0.15) is 0 Å². The molecular weight excluding hydrogens is 298 g/mol. The Hall–Kier alpha value is -2.14. The topological polar surface area (TPSA) is 63.2 Å². The van der Waals surface area contributed by atoms with Crippen molar-refractivity contribution < 1.29 is 13.2 Å². The highest BCUT2D eigenvalue weighted by Crippen LogP contribution is 2.26. The second-order valence-corrected chi connectivity index (χ2v) is 7.11. The predicted molar refractivity (Wildman–Crippen MR) is 87.8 cm³/mol. The second kappa shape index (κ2) is 6.32. The predicted octanol–water partition coefficient (Wildman–Crippen LogP) is 3.81. The molecule has 0 atom stereocenters. The third-order valence-electron chi connectivity index (χ3n) is 3.38. The minimum absolute atomic E-state index is 0.0822. The maximum absolute atomic E-state index is 12.5. The van der Waals surface area contributed by atoms with Gasteiger partial charge >= 0.3 is 0 Å². The summed E-state index contributed by atoms with van der Waals surface area (Å²) in [5.41, 5.74) is 1.86. The number of anilines is 1. The minimum atomic E-state index is -3.73. The van der Waals surface area contributed by atoms with Crippen molar-refractivity contribution in [1.82, 2.24) is 0 Å². The first kappa shape index (κ1) is 16.2. The molecule has 0 aliphatic rings. The van der Waals surface area contributed by atoms with Gasteiger partial charge in [0.2, 0.25) is 0 Å². The summed E-state index contributed by atoms with van der Waals surface area (Å²) in [6.45, 7) is 5.42. The number of hydrogen-bond acceptors (Lipinski definition) is 3. The standard InChI is InChI=1S/C17H19NO3S/c1-12(2)16-9-4-5-10-17(16)18-22(20,21)15-8-6-7-14(11-15)13(3)19/h4-12,18H,1-3H3. The molecule has 0 radical (unpaired) electrons. The van der Waals surface area contributed by atoms with Crippen molar-refractivity contribution in [2.45, 2.75) is 31.6 Å². The number of ketones is 1. The molecule has 2 aromatic rings. The van der Waals surface area contributed by atoms with Crippen LogP contribution in [-0.2, 0) is 10.0 Å². The van der Waals surface area contributed by atoms with Crippen LogP contribution >= 0.6 is 0 Å². The molecule has 5 heteroatoms. The van der Waals surface area contributed by atoms with Crippen LogP contribution in [0.3, 0.4) is 0 Å². The normalized spacial score (nSPS) is 11.5. The molecule has 2 rings (SSSR count). The number of rotatable bonds is 5. The van der Waals surface area contributed by atoms with Crippen LogP contribution in [0.4, 0.5) is 5.69 Å². The Kier molecular flexibility index (Phi) is 4.66. The van der Waals surface area contributed by atoms with Gasteiger partial charge in [-0.1, -0.05) is 44.2 Å². The van der Waals surface area contributed by atoms with E-state index in [0.717, 1.165) is 5.56 Å². The molecule has 4 nitrogen and oxygen atoms in total. The summed E-state index contributed by atoms with van der Waals surface area (Å²) in [7, 11) is -3.73. The lowest BCUT2D eigenvalue weighted by atomic mass is 10.0. The molecule has 0 amide bonds. The number of nitrogens with one attached hydrogen (secondary N) is 1. The summed E-state index contributed by atoms with van der Waals surface area (Å²) in [6, 6.07) is 13.3. The van der Waals surface area contributed by atoms with E-state index in [9.17, 15) is 13.2 Å². The Labute approximate surface area is 131 Å². The SMILES string of the molecule is CC(=O)c1cccc(S(=O)(=O)Nc2ccccc2C(C)C)c1. The molecule has 1 N–H and O–H groups in total. The van der Waals surface area contributed by atoms with E-state index in [-0.39, 0.29) is 16.6 Å². The van der Waals surface area contributed by atoms with Gasteiger partial charge in [0, 0.05) is 5.56 Å². The first-order valence-electron chi connectivity index (χ1n) is 7.04. The van der Waals surface area contributed by atoms with Crippen molar-refractivity contribution in [3.63, 3.8) is 0 Å². The van der Waals surface area contributed by atoms with Gasteiger partial charge in [0.1, 0.15) is 0 Å². The largest absolute Gasteiger partial charge is 0.295 e. The average Bonchev–Trinajstić information content (AvgIpc) is 2.47. The third-order valence-corrected chi connectivity index (χ3v) is 4.74. The number of sulfonamides is 1. The number of Topliss-reactive ketones (excluding diaryl/α,β-unsaturated/α-hetero) is 1. The van der Waals surface area contributed by atoms with E-state index in [1.165, 1.54) is 19.1 Å². The van der Waals surface area contributed by atoms with E-state index in [0.29, 0.717) is 11.3 Å². The lowest BCUT2D eigenvalue weighted by Gasteiger charge is -2.15. The highest BCUT2D eigenvalue weighted by atomic mass is 32.2. The maximum atomic E-state index is 12.5. The molecule has 0 aliphatic heterocycles. The number of benzene rings is 2. The van der Waals surface area contributed by atoms with Crippen molar-refractivity contribution in [2.75, 3.05) is 4.72 Å². The van der Waals surface area contributed by atoms with Crippen molar-refractivity contribution in [3.8, 4) is 0 Å². The summed E-state index contributed by atoms with van der Waals surface area (Å²) in [5, 5.41) is 0. The summed E-state index contributed by atoms with van der Waals surface area (Å²) < 4.78 is 27.7. The summed E-state index contributed by atoms with van der Waals surface area (Å²) in [6.07, 6.45) is 0. The molecule has 0 aliphatic carbocycles. The molecule has 116 valence electrons. The Balaban J connectivity index is 2.41. The lowest BCUT2D eigenvalue weighted by Crippen LogP contribution is -2.15. The summed E-state index contributed by atoms with van der Waals surface area (Å²) in [5.74, 6) is 0.0297. The molecule has 2 aromatic carbocycles. The van der Waals surface area contributed by atoms with Crippen molar-refractivity contribution in [2.24, 2.45) is 0 Å². The fourth-order valence-corrected chi connectivity index (χ4v) is 3.31. The zero-order chi connectivity index (χ0) is 16.3. The van der Waals surface area contributed by atoms with E-state index in [4.69, 9.17) is 0 Å². The Morgan fingerprint density at radius 1 is 1.05 bits per heavy atom. The van der Waals surface area contributed by atoms with Crippen LogP contribution < -0.4 is 4.72 Å². The van der Waals surface area contributed by atoms with Crippen LogP contribution in [-0.4, -0.2) is 14.2 Å². The van der Waals surface area contributed by atoms with Crippen molar-refractivity contribution in [1.29, 1.82) is 0 Å². The monoisotopic (exact) mass is 317 g/mol. The van der Waals surface area contributed by atoms with Crippen LogP contribution in [0.25, 0.3) is 0 Å². The fraction of sp³-hybridized carbons (Fsp3) is 0.235. The van der Waals surface area contributed by atoms with Crippen LogP contribution in [0.5, 0.6) is 0 Å². The zero-order valence-electron chi connectivity index (χ0n) is 12.8. The van der Waals surface area contributed by atoms with Crippen molar-refractivity contribution >= 4 is 21.5 Å². The van der Waals surface area contributed by atoms with Crippen LogP contribution in [0, 0.1) is 0 Å². The van der Waals surface area contributed by atoms with Crippen LogP contribution in [0.15, 0.2) is 53.4 Å². The van der Waals surface area contributed by atoms with Gasteiger partial charge in [-0.15, -0.1) is 0 Å². The minimum Gasteiger partial charge on any atom is -0.295 e. The van der Waals surface area contributed by atoms with Gasteiger partial charge in [0.05, 0.1) is 10.6 Å². The van der Waals surface area contributed by atoms with Gasteiger partial charge in [-0.3, -0.25) is 9.52 Å². The van der Waals surface area contributed by atoms with E-state index in [1.807, 2.05) is 26.0 Å². The smallest absolute Gasteiger partial charge is 0.261 e. The Bertz CT molecular complexity index is 795. The number of hydrogen-bond donors (Lipinski definition) is 1. The van der Waals surface area contributed by atoms with E-state index >= 15 is 0 Å². The van der Waals surface area contributed by atoms with Gasteiger partial charge in [0.25, 0.3) is 10.0 Å². The number of para-hydroxylation sites is 1. The Morgan fingerprint density at radius 2 is 1.73 bits per heavy atom. The molecular formula is C17H19NO3S. The third kappa shape index (κ3) is 3.54. The maximum Gasteiger partial charge on any atom is 0.261 e. The number of carbonyl (C=O) groups is 1. The molecule has 0 saturated carbocycles. The van der Waals surface area contributed by atoms with Crippen LogP contribution in [0.2, 0.25) is 0 Å². The van der Waals surface area contributed by atoms with Gasteiger partial charge in [0.15, 0.2) is 5.78 Å². The van der Waals surface area contributed by atoms with Crippen molar-refractivity contribution in [3.05, 3.63) is 59.7 Å². The van der Waals surface area contributed by atoms with Gasteiger partial charge in [-0.25, -0.2) is 8.42 Å². The number of carbonyl (C=O) groups excluding carboxylic acids is 1. The fourth-order valence-electron chi connectivity index (χ4n) is 2.18. The second-order valence-electron chi connectivity index (χ2n) is 5.43. The zero-order valence-corrected chi connectivity index (χ0v) is 13.6. The molecule has 0 fully saturated rings. The average molecular weight is 317 g/mol. The van der Waals surface area contributed by atoms with E-state index < -0.39 is 10.0 Å². The first-order chi connectivity index (χ1) is 10.3. The molecule has 22 heavy (non-hydrogen) atoms. The highest BCUT2D eigenvalue weighted by molar-refractivity contribution is 7.92. The molecule has 0 aromatic heterocycles. The van der Waals surface area contributed by atoms with Gasteiger partial charge < -0.3 is 0 Å². The van der Waals surface area contributed by atoms with E-state index in [2.05, 4.69) is 4.72 Å². The molecule has 0 saturated heterocycles. The first-order valence-corrected chi connectivity index (χ1v) is 8.52. The molecule has 0 spiro atoms. The van der Waals surface area contributed by atoms with Gasteiger partial charge in [-0.05, 0) is 36.6 Å². The van der Waals surface area contributed by atoms with Crippen LogP contribution in [0.1, 0.15) is 42.6 Å². The Morgan fingerprint density at radius 3 is 2.36 bits per heavy atom. The lowest BCUT2D eigenvalue weighted by molar-refractivity contribution is 0.101. The summed E-state index contributed by atoms with van der Waals surface area (Å²) >= 11 is 0.